The van der Waals surface area contributed by atoms with E-state index in [0.29, 0.717) is 6.42 Å². The lowest BCUT2D eigenvalue weighted by Gasteiger charge is -2.19. The second-order valence-electron chi connectivity index (χ2n) is 4.57. The summed E-state index contributed by atoms with van der Waals surface area (Å²) in [4.78, 5) is 11.7. The van der Waals surface area contributed by atoms with Crippen molar-refractivity contribution in [2.24, 2.45) is 0 Å². The molecular weight excluding hydrogens is 282 g/mol. The van der Waals surface area contributed by atoms with Gasteiger partial charge in [-0.1, -0.05) is 15.9 Å². The van der Waals surface area contributed by atoms with Gasteiger partial charge in [0.2, 0.25) is 5.91 Å². The molecule has 0 saturated heterocycles. The molecule has 1 aromatic rings. The zero-order valence-corrected chi connectivity index (χ0v) is 12.1. The van der Waals surface area contributed by atoms with Crippen LogP contribution in [0.5, 0.6) is 5.75 Å². The van der Waals surface area contributed by atoms with Gasteiger partial charge in [-0.2, -0.15) is 0 Å². The minimum atomic E-state index is -0.0936. The molecule has 1 N–H and O–H groups in total. The lowest BCUT2D eigenvalue weighted by atomic mass is 10.0. The maximum Gasteiger partial charge on any atom is 0.228 e. The Labute approximate surface area is 110 Å². The predicted octanol–water partition coefficient (Wildman–Crippen LogP) is 3.48. The van der Waals surface area contributed by atoms with E-state index >= 15 is 0 Å². The quantitative estimate of drug-likeness (QED) is 0.796. The summed E-state index contributed by atoms with van der Waals surface area (Å²) in [6.45, 7) is 7.95. The molecule has 1 aliphatic rings. The number of rotatable bonds is 0. The van der Waals surface area contributed by atoms with E-state index in [1.807, 2.05) is 27.7 Å². The Hall–Kier alpha value is -1.03. The molecule has 3 nitrogen and oxygen atoms in total. The van der Waals surface area contributed by atoms with Gasteiger partial charge in [-0.15, -0.1) is 0 Å². The number of nitrogens with one attached hydrogen (secondary N) is 1. The first-order chi connectivity index (χ1) is 7.91. The van der Waals surface area contributed by atoms with Gasteiger partial charge >= 0.3 is 0 Å². The van der Waals surface area contributed by atoms with Crippen LogP contribution in [-0.2, 0) is 4.79 Å². The Balaban J connectivity index is 2.68. The molecule has 0 bridgehead atoms. The molecule has 0 saturated carbocycles. The molecule has 1 aromatic carbocycles. The van der Waals surface area contributed by atoms with Crippen molar-refractivity contribution in [3.05, 3.63) is 21.2 Å². The van der Waals surface area contributed by atoms with Gasteiger partial charge in [0.15, 0.2) is 0 Å². The summed E-state index contributed by atoms with van der Waals surface area (Å²) in [5, 5.41) is 2.95. The number of amides is 1. The lowest BCUT2D eigenvalue weighted by Crippen LogP contribution is -2.17. The maximum absolute atomic E-state index is 11.7. The Morgan fingerprint density at radius 2 is 1.88 bits per heavy atom. The predicted molar refractivity (Wildman–Crippen MR) is 71.7 cm³/mol. The van der Waals surface area contributed by atoms with Gasteiger partial charge in [0.05, 0.1) is 12.1 Å². The van der Waals surface area contributed by atoms with Crippen molar-refractivity contribution < 1.29 is 9.53 Å². The van der Waals surface area contributed by atoms with Gasteiger partial charge in [0.1, 0.15) is 11.9 Å². The Morgan fingerprint density at radius 1 is 1.24 bits per heavy atom. The van der Waals surface area contributed by atoms with Crippen LogP contribution in [0.2, 0.25) is 0 Å². The molecule has 0 spiro atoms. The van der Waals surface area contributed by atoms with Crippen molar-refractivity contribution in [2.75, 3.05) is 5.32 Å². The Kier molecular flexibility index (Phi) is 3.17. The second kappa shape index (κ2) is 4.33. The molecule has 0 aliphatic carbocycles. The van der Waals surface area contributed by atoms with Crippen LogP contribution in [0.1, 0.15) is 30.0 Å². The Bertz CT molecular complexity index is 497. The molecule has 1 atom stereocenters. The summed E-state index contributed by atoms with van der Waals surface area (Å²) < 4.78 is 6.91. The number of carbonyl (C=O) groups excluding carboxylic acids is 1. The normalized spacial score (nSPS) is 19.1. The lowest BCUT2D eigenvalue weighted by molar-refractivity contribution is -0.117. The summed E-state index contributed by atoms with van der Waals surface area (Å²) in [6, 6.07) is 0. The third kappa shape index (κ3) is 2.06. The van der Waals surface area contributed by atoms with E-state index < -0.39 is 0 Å². The smallest absolute Gasteiger partial charge is 0.228 e. The van der Waals surface area contributed by atoms with E-state index in [-0.39, 0.29) is 12.0 Å². The average Bonchev–Trinajstić information content (AvgIpc) is 2.42. The van der Waals surface area contributed by atoms with Crippen LogP contribution in [0.15, 0.2) is 4.47 Å². The molecule has 0 fully saturated rings. The van der Waals surface area contributed by atoms with Crippen molar-refractivity contribution in [2.45, 2.75) is 40.2 Å². The average molecular weight is 298 g/mol. The third-order valence-corrected chi connectivity index (χ3v) is 4.41. The number of carbonyl (C=O) groups is 1. The molecule has 0 aromatic heterocycles. The molecule has 1 amide bonds. The minimum absolute atomic E-state index is 0.0143. The molecule has 4 heteroatoms. The summed E-state index contributed by atoms with van der Waals surface area (Å²) in [6.07, 6.45) is 0.300. The molecule has 17 heavy (non-hydrogen) atoms. The zero-order chi connectivity index (χ0) is 12.7. The highest BCUT2D eigenvalue weighted by molar-refractivity contribution is 9.10. The Morgan fingerprint density at radius 3 is 2.53 bits per heavy atom. The topological polar surface area (TPSA) is 38.3 Å². The molecule has 92 valence electrons. The van der Waals surface area contributed by atoms with E-state index in [2.05, 4.69) is 21.2 Å². The number of anilines is 1. The van der Waals surface area contributed by atoms with E-state index in [9.17, 15) is 4.79 Å². The summed E-state index contributed by atoms with van der Waals surface area (Å²) in [5.74, 6) is 0.804. The van der Waals surface area contributed by atoms with Crippen molar-refractivity contribution in [1.29, 1.82) is 0 Å². The maximum atomic E-state index is 11.7. The van der Waals surface area contributed by atoms with Gasteiger partial charge < -0.3 is 10.1 Å². The van der Waals surface area contributed by atoms with Crippen LogP contribution >= 0.6 is 15.9 Å². The summed E-state index contributed by atoms with van der Waals surface area (Å²) in [7, 11) is 0. The highest BCUT2D eigenvalue weighted by Gasteiger charge is 2.24. The number of hydrogen-bond acceptors (Lipinski definition) is 2. The number of fused-ring (bicyclic) bond motifs is 1. The van der Waals surface area contributed by atoms with Crippen molar-refractivity contribution >= 4 is 27.5 Å². The van der Waals surface area contributed by atoms with E-state index in [1.54, 1.807) is 0 Å². The number of halogens is 1. The molecule has 0 radical (unpaired) electrons. The van der Waals surface area contributed by atoms with Crippen LogP contribution in [-0.4, -0.2) is 12.0 Å². The van der Waals surface area contributed by atoms with Crippen LogP contribution in [0.3, 0.4) is 0 Å². The fraction of sp³-hybridized carbons (Fsp3) is 0.462. The molecular formula is C13H16BrNO2. The first kappa shape index (κ1) is 12.4. The number of hydrogen-bond donors (Lipinski definition) is 1. The van der Waals surface area contributed by atoms with Gasteiger partial charge in [-0.3, -0.25) is 4.79 Å². The molecule has 1 unspecified atom stereocenters. The van der Waals surface area contributed by atoms with Crippen LogP contribution in [0, 0.1) is 20.8 Å². The van der Waals surface area contributed by atoms with E-state index in [4.69, 9.17) is 4.74 Å². The van der Waals surface area contributed by atoms with E-state index in [1.165, 1.54) is 0 Å². The fourth-order valence-electron chi connectivity index (χ4n) is 2.08. The van der Waals surface area contributed by atoms with Crippen molar-refractivity contribution in [1.82, 2.24) is 0 Å². The first-order valence-corrected chi connectivity index (χ1v) is 6.47. The second-order valence-corrected chi connectivity index (χ2v) is 5.37. The van der Waals surface area contributed by atoms with Gasteiger partial charge in [-0.05, 0) is 38.8 Å². The van der Waals surface area contributed by atoms with Crippen LogP contribution in [0.25, 0.3) is 0 Å². The third-order valence-electron chi connectivity index (χ3n) is 3.22. The first-order valence-electron chi connectivity index (χ1n) is 5.67. The molecule has 1 heterocycles. The standard InChI is InChI=1S/C13H16BrNO2/c1-6-5-10(16)15-12-8(3)7(2)11(14)9(4)13(12)17-6/h6H,5H2,1-4H3,(H,15,16). The minimum Gasteiger partial charge on any atom is -0.488 e. The highest BCUT2D eigenvalue weighted by Crippen LogP contribution is 2.41. The van der Waals surface area contributed by atoms with Crippen molar-refractivity contribution in [3.8, 4) is 5.75 Å². The SMILES string of the molecule is Cc1c(C)c2c(c(C)c1Br)OC(C)CC(=O)N2. The largest absolute Gasteiger partial charge is 0.488 e. The zero-order valence-electron chi connectivity index (χ0n) is 10.5. The van der Waals surface area contributed by atoms with Gasteiger partial charge in [0.25, 0.3) is 0 Å². The summed E-state index contributed by atoms with van der Waals surface area (Å²) in [5.41, 5.74) is 4.05. The van der Waals surface area contributed by atoms with Gasteiger partial charge in [0, 0.05) is 10.0 Å². The monoisotopic (exact) mass is 297 g/mol. The van der Waals surface area contributed by atoms with Crippen LogP contribution in [0.4, 0.5) is 5.69 Å². The fourth-order valence-corrected chi connectivity index (χ4v) is 2.56. The van der Waals surface area contributed by atoms with Crippen LogP contribution < -0.4 is 10.1 Å². The highest BCUT2D eigenvalue weighted by atomic mass is 79.9. The molecule has 2 rings (SSSR count). The van der Waals surface area contributed by atoms with Crippen molar-refractivity contribution in [3.63, 3.8) is 0 Å². The number of ether oxygens (including phenoxy) is 1. The van der Waals surface area contributed by atoms with Gasteiger partial charge in [-0.25, -0.2) is 0 Å². The summed E-state index contributed by atoms with van der Waals surface area (Å²) >= 11 is 3.58. The van der Waals surface area contributed by atoms with E-state index in [0.717, 1.165) is 32.6 Å². The number of benzene rings is 1. The molecule has 1 aliphatic heterocycles.